The standard InChI is InChI=1S/C76H52O46.C16H20N2/c77-32-1-22(2-33(78)53(32)92)67(103)113-47-16-27(11-42(87)58(47)97)66(102)112-21-52-63(119-72(108)28-12-43(88)59(98)48(17-28)114-68(104)23-3-34(79)54(93)35(80)4-23)64(120-73(109)29-13-44(89)60(99)49(18-29)115-69(105)24-5-36(81)55(94)37(82)6-24)65(121-74(110)30-14-45(90)61(100)50(19-30)116-70(106)25-7-38(83)56(95)39(84)8-25)76(118-52)122-75(111)31-15-46(91)62(101)51(20-31)117-71(107)26-9-40(85)57(96)41(86)10-26;1-18(2)13-11-15(14-8-4-3-5-9-14)16-10-6-7-12-17-16/h1-20,52,63-65,76-101H,21H2;3-10,12,15H,11,13H2,1-2H3/t52-,63-,64+,65-,76+;/m1./s1. The van der Waals surface area contributed by atoms with E-state index in [1.165, 1.54) is 5.56 Å². The van der Waals surface area contributed by atoms with Crippen molar-refractivity contribution in [3.63, 3.8) is 0 Å². The third-order valence-electron chi connectivity index (χ3n) is 20.0. The van der Waals surface area contributed by atoms with Crippen molar-refractivity contribution in [1.29, 1.82) is 0 Å². The number of phenols is 25. The summed E-state index contributed by atoms with van der Waals surface area (Å²) in [6.07, 6.45) is -12.1. The number of aromatic hydroxyl groups is 25. The van der Waals surface area contributed by atoms with Crippen molar-refractivity contribution < 1.29 is 228 Å². The van der Waals surface area contributed by atoms with Crippen molar-refractivity contribution in [3.8, 4) is 172 Å². The number of pyridine rings is 1. The molecule has 48 heteroatoms. The van der Waals surface area contributed by atoms with Crippen LogP contribution < -0.4 is 23.7 Å². The summed E-state index contributed by atoms with van der Waals surface area (Å²) in [4.78, 5) is 149. The average Bonchev–Trinajstić information content (AvgIpc) is 0.763. The van der Waals surface area contributed by atoms with Gasteiger partial charge in [-0.2, -0.15) is 0 Å². The van der Waals surface area contributed by atoms with Crippen molar-refractivity contribution in [2.75, 3.05) is 27.2 Å². The Kier molecular flexibility index (Phi) is 29.1. The highest BCUT2D eigenvalue weighted by atomic mass is 16.8. The molecule has 0 spiro atoms. The first-order chi connectivity index (χ1) is 66.1. The quantitative estimate of drug-likeness (QED) is 0.0106. The largest absolute Gasteiger partial charge is 0.504 e. The summed E-state index contributed by atoms with van der Waals surface area (Å²) in [6.45, 7) is -0.642. The van der Waals surface area contributed by atoms with E-state index in [1.54, 1.807) is 0 Å². The van der Waals surface area contributed by atoms with Gasteiger partial charge in [-0.15, -0.1) is 0 Å². The Bertz CT molecular complexity index is 6810. The summed E-state index contributed by atoms with van der Waals surface area (Å²) >= 11 is 0. The molecule has 11 aromatic carbocycles. The summed E-state index contributed by atoms with van der Waals surface area (Å²) in [6, 6.07) is 25.3. The lowest BCUT2D eigenvalue weighted by Crippen LogP contribution is -2.63. The number of phenolic OH excluding ortho intramolecular Hbond substituents is 25. The third kappa shape index (κ3) is 22.2. The molecule has 48 nitrogen and oxygen atoms in total. The minimum atomic E-state index is -3.12. The van der Waals surface area contributed by atoms with Crippen LogP contribution in [0.4, 0.5) is 0 Å². The van der Waals surface area contributed by atoms with E-state index in [1.807, 2.05) is 12.3 Å². The van der Waals surface area contributed by atoms with Crippen molar-refractivity contribution in [3.05, 3.63) is 243 Å². The van der Waals surface area contributed by atoms with Crippen LogP contribution in [0.15, 0.2) is 176 Å². The second-order valence-electron chi connectivity index (χ2n) is 29.9. The molecule has 13 rings (SSSR count). The molecule has 2 heterocycles. The predicted molar refractivity (Wildman–Crippen MR) is 458 cm³/mol. The number of aromatic nitrogens is 1. The Balaban J connectivity index is 0.000000870. The first-order valence-corrected chi connectivity index (χ1v) is 39.6. The van der Waals surface area contributed by atoms with Crippen molar-refractivity contribution >= 4 is 59.7 Å². The third-order valence-corrected chi connectivity index (χ3v) is 20.0. The number of carbonyl (C=O) groups excluding carboxylic acids is 10. The molecule has 0 radical (unpaired) electrons. The van der Waals surface area contributed by atoms with Crippen LogP contribution in [0.3, 0.4) is 0 Å². The summed E-state index contributed by atoms with van der Waals surface area (Å²) in [5.41, 5.74) is -7.39. The van der Waals surface area contributed by atoms with Crippen molar-refractivity contribution in [1.82, 2.24) is 9.88 Å². The summed E-state index contributed by atoms with van der Waals surface area (Å²) < 4.78 is 60.4. The fraction of sp³-hybridized carbons (Fsp3) is 0.120. The Labute approximate surface area is 779 Å². The number of esters is 10. The van der Waals surface area contributed by atoms with E-state index in [2.05, 4.69) is 66.4 Å². The van der Waals surface area contributed by atoms with Gasteiger partial charge < -0.3 is 185 Å². The topological polar surface area (TPSA) is 794 Å². The smallest absolute Gasteiger partial charge is 0.343 e. The van der Waals surface area contributed by atoms with E-state index in [0.717, 1.165) is 18.7 Å². The van der Waals surface area contributed by atoms with Gasteiger partial charge in [0, 0.05) is 17.8 Å². The molecule has 6 atom stereocenters. The molecule has 1 aliphatic rings. The second kappa shape index (κ2) is 41.1. The molecular formula is C92H72N2O46. The zero-order chi connectivity index (χ0) is 102. The molecule has 25 N–H and O–H groups in total. The summed E-state index contributed by atoms with van der Waals surface area (Å²) in [7, 11) is 4.22. The first-order valence-electron chi connectivity index (χ1n) is 39.6. The van der Waals surface area contributed by atoms with E-state index in [4.69, 9.17) is 52.1 Å². The van der Waals surface area contributed by atoms with Crippen molar-refractivity contribution in [2.24, 2.45) is 0 Å². The fourth-order valence-corrected chi connectivity index (χ4v) is 13.0. The number of carbonyl (C=O) groups is 10. The van der Waals surface area contributed by atoms with Gasteiger partial charge in [-0.25, -0.2) is 47.9 Å². The van der Waals surface area contributed by atoms with E-state index < -0.39 is 325 Å². The first kappa shape index (κ1) is 99.2. The van der Waals surface area contributed by atoms with Gasteiger partial charge in [-0.1, -0.05) is 36.4 Å². The highest BCUT2D eigenvalue weighted by molar-refractivity contribution is 6.00. The fourth-order valence-electron chi connectivity index (χ4n) is 13.0. The monoisotopic (exact) mass is 1940 g/mol. The van der Waals surface area contributed by atoms with Gasteiger partial charge in [-0.3, -0.25) is 4.98 Å². The van der Waals surface area contributed by atoms with Crippen LogP contribution in [0.25, 0.3) is 0 Å². The van der Waals surface area contributed by atoms with Gasteiger partial charge in [0.1, 0.15) is 12.7 Å². The maximum Gasteiger partial charge on any atom is 0.343 e. The molecule has 0 aliphatic carbocycles. The average molecular weight is 1940 g/mol. The van der Waals surface area contributed by atoms with Crippen LogP contribution in [0, 0.1) is 0 Å². The van der Waals surface area contributed by atoms with Crippen LogP contribution in [0.1, 0.15) is 127 Å². The normalized spacial score (nSPS) is 14.4. The molecule has 1 fully saturated rings. The van der Waals surface area contributed by atoms with Gasteiger partial charge in [0.15, 0.2) is 156 Å². The number of benzene rings is 11. The SMILES string of the molecule is CN(C)CCC(c1ccccc1)c1ccccn1.O=C(OC[C@H]1O[C@@H](OC(=O)c2cc(O)c(O)c(OC(=O)c3cc(O)c(O)c(O)c3)c2)[C@H](OC(=O)c2cc(O)c(O)c(OC(=O)c3cc(O)c(O)c(O)c3)c2)[C@@H](OC(=O)c2cc(O)c(O)c(OC(=O)c3cc(O)c(O)c(O)c3)c2)[C@@H]1OC(=O)c1cc(O)c(O)c(OC(=O)c2cc(O)c(O)c(O)c2)c1)c1cc(O)c(O)c(OC(=O)c2cc(O)c(O)c(O)c2)c1. The van der Waals surface area contributed by atoms with E-state index in [0.29, 0.717) is 127 Å². The van der Waals surface area contributed by atoms with E-state index >= 15 is 14.4 Å². The Hall–Kier alpha value is -19.8. The Morgan fingerprint density at radius 3 is 0.800 bits per heavy atom. The maximum atomic E-state index is 15.3. The summed E-state index contributed by atoms with van der Waals surface area (Å²) in [5.74, 6) is -55.6. The number of rotatable bonds is 26. The number of hydrogen-bond donors (Lipinski definition) is 25. The van der Waals surface area contributed by atoms with E-state index in [-0.39, 0.29) is 0 Å². The second-order valence-corrected chi connectivity index (χ2v) is 29.9. The van der Waals surface area contributed by atoms with Gasteiger partial charge in [0.25, 0.3) is 0 Å². The molecule has 0 bridgehead atoms. The zero-order valence-electron chi connectivity index (χ0n) is 71.0. The van der Waals surface area contributed by atoms with Crippen LogP contribution in [-0.2, 0) is 28.4 Å². The molecule has 726 valence electrons. The molecule has 1 aliphatic heterocycles. The van der Waals surface area contributed by atoms with Crippen LogP contribution in [-0.4, -0.2) is 255 Å². The molecule has 12 aromatic rings. The molecular weight excluding hydrogens is 1870 g/mol. The van der Waals surface area contributed by atoms with Crippen molar-refractivity contribution in [2.45, 2.75) is 43.0 Å². The lowest BCUT2D eigenvalue weighted by molar-refractivity contribution is -0.282. The molecule has 1 saturated heterocycles. The maximum absolute atomic E-state index is 15.3. The molecule has 1 unspecified atom stereocenters. The highest BCUT2D eigenvalue weighted by Gasteiger charge is 2.55. The van der Waals surface area contributed by atoms with E-state index in [9.17, 15) is 161 Å². The minimum absolute atomic E-state index is 0.295. The lowest BCUT2D eigenvalue weighted by Gasteiger charge is -2.43. The minimum Gasteiger partial charge on any atom is -0.504 e. The zero-order valence-corrected chi connectivity index (χ0v) is 71.0. The van der Waals surface area contributed by atoms with Gasteiger partial charge in [0.05, 0.1) is 55.6 Å². The highest BCUT2D eigenvalue weighted by Crippen LogP contribution is 2.48. The molecule has 0 saturated carbocycles. The predicted octanol–water partition coefficient (Wildman–Crippen LogP) is 8.00. The number of ether oxygens (including phenoxy) is 11. The summed E-state index contributed by atoms with van der Waals surface area (Å²) in [5, 5.41) is 261. The van der Waals surface area contributed by atoms with Crippen LogP contribution in [0.2, 0.25) is 0 Å². The van der Waals surface area contributed by atoms with Crippen LogP contribution >= 0.6 is 0 Å². The molecule has 0 amide bonds. The molecule has 140 heavy (non-hydrogen) atoms. The Morgan fingerprint density at radius 1 is 0.286 bits per heavy atom. The number of hydrogen-bond acceptors (Lipinski definition) is 48. The molecule has 1 aromatic heterocycles. The lowest BCUT2D eigenvalue weighted by atomic mass is 9.92. The van der Waals surface area contributed by atoms with Gasteiger partial charge in [-0.05, 0) is 166 Å². The van der Waals surface area contributed by atoms with Gasteiger partial charge in [0.2, 0.25) is 41.1 Å². The Morgan fingerprint density at radius 2 is 0.529 bits per heavy atom. The van der Waals surface area contributed by atoms with Crippen LogP contribution in [0.5, 0.6) is 172 Å². The van der Waals surface area contributed by atoms with Gasteiger partial charge >= 0.3 is 59.7 Å². The number of nitrogens with zero attached hydrogens (tertiary/aromatic N) is 2.